The number of benzene rings is 1. The van der Waals surface area contributed by atoms with Gasteiger partial charge in [0.15, 0.2) is 0 Å². The lowest BCUT2D eigenvalue weighted by Crippen LogP contribution is -1.96. The van der Waals surface area contributed by atoms with Crippen LogP contribution in [0, 0.1) is 0 Å². The van der Waals surface area contributed by atoms with Crippen molar-refractivity contribution in [3.63, 3.8) is 0 Å². The average molecular weight is 259 g/mol. The number of aliphatic hydroxyl groups excluding tert-OH is 1. The van der Waals surface area contributed by atoms with Crippen molar-refractivity contribution in [2.75, 3.05) is 5.75 Å². The number of hydrogen-bond donors (Lipinski definition) is 1. The molecule has 0 aliphatic heterocycles. The van der Waals surface area contributed by atoms with Crippen molar-refractivity contribution in [3.8, 4) is 11.3 Å². The van der Waals surface area contributed by atoms with Gasteiger partial charge in [-0.3, -0.25) is 4.98 Å². The van der Waals surface area contributed by atoms with Gasteiger partial charge in [-0.2, -0.15) is 0 Å². The predicted molar refractivity (Wildman–Crippen MR) is 76.7 cm³/mol. The van der Waals surface area contributed by atoms with Gasteiger partial charge in [-0.1, -0.05) is 25.1 Å². The van der Waals surface area contributed by atoms with E-state index in [4.69, 9.17) is 0 Å². The Bertz CT molecular complexity index is 525. The lowest BCUT2D eigenvalue weighted by molar-refractivity contribution is 0.194. The molecule has 0 saturated carbocycles. The highest BCUT2D eigenvalue weighted by Gasteiger charge is 2.05. The first-order chi connectivity index (χ1) is 8.70. The van der Waals surface area contributed by atoms with Gasteiger partial charge in [-0.15, -0.1) is 11.8 Å². The third-order valence-corrected chi connectivity index (χ3v) is 3.52. The van der Waals surface area contributed by atoms with E-state index in [1.807, 2.05) is 42.1 Å². The second kappa shape index (κ2) is 6.03. The molecule has 1 aromatic heterocycles. The molecule has 0 fully saturated rings. The number of rotatable bonds is 4. The molecule has 2 nitrogen and oxygen atoms in total. The molecule has 0 aliphatic carbocycles. The molecule has 0 radical (unpaired) electrons. The van der Waals surface area contributed by atoms with E-state index in [9.17, 15) is 5.11 Å². The molecule has 1 heterocycles. The summed E-state index contributed by atoms with van der Waals surface area (Å²) in [5.74, 6) is 1.06. The minimum Gasteiger partial charge on any atom is -0.387 e. The Hall–Kier alpha value is -1.32. The lowest BCUT2D eigenvalue weighted by atomic mass is 10.1. The number of thioether (sulfide) groups is 1. The molecule has 2 aromatic rings. The van der Waals surface area contributed by atoms with Gasteiger partial charge in [0.1, 0.15) is 0 Å². The monoisotopic (exact) mass is 259 g/mol. The van der Waals surface area contributed by atoms with E-state index in [1.165, 1.54) is 4.90 Å². The number of aliphatic hydroxyl groups is 1. The van der Waals surface area contributed by atoms with Crippen LogP contribution in [0.4, 0.5) is 0 Å². The molecule has 0 bridgehead atoms. The molecule has 2 rings (SSSR count). The second-order valence-electron chi connectivity index (χ2n) is 4.08. The smallest absolute Gasteiger partial charge is 0.0932 e. The zero-order valence-corrected chi connectivity index (χ0v) is 11.4. The minimum absolute atomic E-state index is 0.529. The van der Waals surface area contributed by atoms with E-state index < -0.39 is 6.10 Å². The molecule has 94 valence electrons. The van der Waals surface area contributed by atoms with E-state index in [1.54, 1.807) is 6.92 Å². The van der Waals surface area contributed by atoms with Crippen molar-refractivity contribution in [1.82, 2.24) is 4.98 Å². The van der Waals surface area contributed by atoms with Gasteiger partial charge in [0.2, 0.25) is 0 Å². The van der Waals surface area contributed by atoms with Crippen LogP contribution in [0.15, 0.2) is 47.4 Å². The van der Waals surface area contributed by atoms with Crippen LogP contribution in [-0.2, 0) is 0 Å². The largest absolute Gasteiger partial charge is 0.387 e. The normalized spacial score (nSPS) is 12.4. The Morgan fingerprint density at radius 2 is 2.00 bits per heavy atom. The van der Waals surface area contributed by atoms with Crippen LogP contribution in [0.25, 0.3) is 11.3 Å². The summed E-state index contributed by atoms with van der Waals surface area (Å²) in [6.45, 7) is 3.87. The summed E-state index contributed by atoms with van der Waals surface area (Å²) < 4.78 is 0. The fraction of sp³-hybridized carbons (Fsp3) is 0.267. The average Bonchev–Trinajstić information content (AvgIpc) is 2.39. The third kappa shape index (κ3) is 3.12. The molecule has 0 aliphatic rings. The highest BCUT2D eigenvalue weighted by Crippen LogP contribution is 2.25. The fourth-order valence-corrected chi connectivity index (χ4v) is 2.48. The number of hydrogen-bond acceptors (Lipinski definition) is 3. The third-order valence-electron chi connectivity index (χ3n) is 2.64. The van der Waals surface area contributed by atoms with E-state index >= 15 is 0 Å². The van der Waals surface area contributed by atoms with Gasteiger partial charge >= 0.3 is 0 Å². The van der Waals surface area contributed by atoms with Crippen LogP contribution in [0.5, 0.6) is 0 Å². The molecule has 1 aromatic carbocycles. The summed E-state index contributed by atoms with van der Waals surface area (Å²) in [6.07, 6.45) is -0.529. The topological polar surface area (TPSA) is 33.1 Å². The minimum atomic E-state index is -0.529. The van der Waals surface area contributed by atoms with Gasteiger partial charge in [0, 0.05) is 10.5 Å². The first kappa shape index (κ1) is 13.1. The first-order valence-corrected chi connectivity index (χ1v) is 7.07. The Morgan fingerprint density at radius 3 is 2.72 bits per heavy atom. The van der Waals surface area contributed by atoms with Crippen LogP contribution in [-0.4, -0.2) is 15.8 Å². The van der Waals surface area contributed by atoms with Crippen molar-refractivity contribution in [3.05, 3.63) is 48.2 Å². The quantitative estimate of drug-likeness (QED) is 0.845. The number of nitrogens with zero attached hydrogens (tertiary/aromatic N) is 1. The maximum atomic E-state index is 9.57. The number of pyridine rings is 1. The molecule has 18 heavy (non-hydrogen) atoms. The van der Waals surface area contributed by atoms with E-state index in [-0.39, 0.29) is 0 Å². The van der Waals surface area contributed by atoms with Gasteiger partial charge in [-0.25, -0.2) is 0 Å². The maximum absolute atomic E-state index is 9.57. The van der Waals surface area contributed by atoms with Crippen LogP contribution in [0.2, 0.25) is 0 Å². The molecule has 1 atom stereocenters. The van der Waals surface area contributed by atoms with E-state index in [0.717, 1.165) is 17.0 Å². The predicted octanol–water partition coefficient (Wildman–Crippen LogP) is 3.91. The Balaban J connectivity index is 2.35. The Kier molecular flexibility index (Phi) is 4.39. The molecule has 1 N–H and O–H groups in total. The van der Waals surface area contributed by atoms with Crippen LogP contribution in [0.3, 0.4) is 0 Å². The van der Waals surface area contributed by atoms with Gasteiger partial charge in [-0.05, 0) is 36.9 Å². The highest BCUT2D eigenvalue weighted by atomic mass is 32.2. The fourth-order valence-electron chi connectivity index (χ4n) is 1.76. The standard InChI is InChI=1S/C15H17NOS/c1-3-18-13-7-4-6-12(10-13)15-9-5-8-14(16-15)11(2)17/h4-11,17H,3H2,1-2H3/t11-/m1/s1. The summed E-state index contributed by atoms with van der Waals surface area (Å²) in [4.78, 5) is 5.73. The molecule has 3 heteroatoms. The summed E-state index contributed by atoms with van der Waals surface area (Å²) in [7, 11) is 0. The second-order valence-corrected chi connectivity index (χ2v) is 5.42. The van der Waals surface area contributed by atoms with Crippen molar-refractivity contribution in [2.45, 2.75) is 24.8 Å². The summed E-state index contributed by atoms with van der Waals surface area (Å²) >= 11 is 1.82. The van der Waals surface area contributed by atoms with E-state index in [0.29, 0.717) is 5.69 Å². The van der Waals surface area contributed by atoms with Crippen molar-refractivity contribution >= 4 is 11.8 Å². The van der Waals surface area contributed by atoms with Crippen molar-refractivity contribution < 1.29 is 5.11 Å². The van der Waals surface area contributed by atoms with Crippen molar-refractivity contribution in [2.24, 2.45) is 0 Å². The highest BCUT2D eigenvalue weighted by molar-refractivity contribution is 7.99. The van der Waals surface area contributed by atoms with Crippen molar-refractivity contribution in [1.29, 1.82) is 0 Å². The summed E-state index contributed by atoms with van der Waals surface area (Å²) in [5, 5.41) is 9.57. The lowest BCUT2D eigenvalue weighted by Gasteiger charge is -2.07. The summed E-state index contributed by atoms with van der Waals surface area (Å²) in [5.41, 5.74) is 2.71. The van der Waals surface area contributed by atoms with Gasteiger partial charge < -0.3 is 5.11 Å². The maximum Gasteiger partial charge on any atom is 0.0932 e. The molecular formula is C15H17NOS. The zero-order valence-electron chi connectivity index (χ0n) is 10.6. The summed E-state index contributed by atoms with van der Waals surface area (Å²) in [6, 6.07) is 14.1. The van der Waals surface area contributed by atoms with Crippen LogP contribution >= 0.6 is 11.8 Å². The van der Waals surface area contributed by atoms with E-state index in [2.05, 4.69) is 24.0 Å². The Morgan fingerprint density at radius 1 is 1.22 bits per heavy atom. The molecular weight excluding hydrogens is 242 g/mol. The number of aromatic nitrogens is 1. The zero-order chi connectivity index (χ0) is 13.0. The molecule has 0 amide bonds. The molecule has 0 saturated heterocycles. The van der Waals surface area contributed by atoms with Crippen LogP contribution in [0.1, 0.15) is 25.6 Å². The first-order valence-electron chi connectivity index (χ1n) is 6.09. The molecule has 0 unspecified atom stereocenters. The molecule has 0 spiro atoms. The Labute approximate surface area is 112 Å². The van der Waals surface area contributed by atoms with Gasteiger partial charge in [0.25, 0.3) is 0 Å². The van der Waals surface area contributed by atoms with Gasteiger partial charge in [0.05, 0.1) is 17.5 Å². The SMILES string of the molecule is CCSc1cccc(-c2cccc([C@@H](C)O)n2)c1. The van der Waals surface area contributed by atoms with Crippen LogP contribution < -0.4 is 0 Å².